The molecule has 0 spiro atoms. The average molecular weight is 148 g/mol. The van der Waals surface area contributed by atoms with Gasteiger partial charge < -0.3 is 9.94 Å². The van der Waals surface area contributed by atoms with Gasteiger partial charge in [-0.15, -0.1) is 4.74 Å². The van der Waals surface area contributed by atoms with Gasteiger partial charge in [-0.25, -0.2) is 0 Å². The van der Waals surface area contributed by atoms with Crippen molar-refractivity contribution in [1.29, 1.82) is 0 Å². The van der Waals surface area contributed by atoms with E-state index in [0.717, 1.165) is 5.56 Å². The van der Waals surface area contributed by atoms with Crippen molar-refractivity contribution in [3.05, 3.63) is 35.0 Å². The van der Waals surface area contributed by atoms with E-state index in [9.17, 15) is 5.21 Å². The van der Waals surface area contributed by atoms with Crippen molar-refractivity contribution in [2.45, 2.75) is 6.61 Å². The Hall–Kier alpha value is -1.51. The van der Waals surface area contributed by atoms with Gasteiger partial charge in [0.05, 0.1) is 5.56 Å². The summed E-state index contributed by atoms with van der Waals surface area (Å²) >= 11 is 0. The maximum Gasteiger partial charge on any atom is 0.497 e. The molecule has 3 heteroatoms. The Bertz CT molecular complexity index is 307. The number of ether oxygens (including phenoxy) is 1. The summed E-state index contributed by atoms with van der Waals surface area (Å²) in [7, 11) is 0. The predicted molar refractivity (Wildman–Crippen MR) is 39.5 cm³/mol. The van der Waals surface area contributed by atoms with Gasteiger partial charge in [0.15, 0.2) is 0 Å². The fourth-order valence-corrected chi connectivity index (χ4v) is 1.05. The third-order valence-corrected chi connectivity index (χ3v) is 1.59. The highest BCUT2D eigenvalue weighted by atomic mass is 16.5. The molecule has 0 N–H and O–H groups in total. The summed E-state index contributed by atoms with van der Waals surface area (Å²) in [6.45, 7) is 0.439. The first-order chi connectivity index (χ1) is 5.38. The Kier molecular flexibility index (Phi) is 1.28. The number of para-hydroxylation sites is 1. The lowest BCUT2D eigenvalue weighted by atomic mass is 10.2. The third kappa shape index (κ3) is 0.941. The van der Waals surface area contributed by atoms with Crippen LogP contribution in [0.3, 0.4) is 0 Å². The molecule has 3 nitrogen and oxygen atoms in total. The van der Waals surface area contributed by atoms with Crippen LogP contribution in [0.4, 0.5) is 5.69 Å². The van der Waals surface area contributed by atoms with Crippen LogP contribution in [0.5, 0.6) is 0 Å². The van der Waals surface area contributed by atoms with Crippen molar-refractivity contribution in [1.82, 2.24) is 0 Å². The van der Waals surface area contributed by atoms with Crippen molar-refractivity contribution < 1.29 is 9.48 Å². The molecule has 11 heavy (non-hydrogen) atoms. The Labute approximate surface area is 64.1 Å². The van der Waals surface area contributed by atoms with Gasteiger partial charge in [0.2, 0.25) is 5.69 Å². The summed E-state index contributed by atoms with van der Waals surface area (Å²) in [6.07, 6.45) is 2.22. The second-order valence-corrected chi connectivity index (χ2v) is 2.30. The summed E-state index contributed by atoms with van der Waals surface area (Å²) < 4.78 is 5.38. The number of nitrogens with zero attached hydrogens (tertiary/aromatic N) is 1. The van der Waals surface area contributed by atoms with Crippen LogP contribution in [0.15, 0.2) is 24.3 Å². The first-order valence-electron chi connectivity index (χ1n) is 3.30. The van der Waals surface area contributed by atoms with Crippen molar-refractivity contribution in [2.75, 3.05) is 0 Å². The van der Waals surface area contributed by atoms with Crippen LogP contribution in [0.25, 0.3) is 0 Å². The molecule has 0 aliphatic carbocycles. The van der Waals surface area contributed by atoms with Gasteiger partial charge in [0, 0.05) is 6.07 Å². The summed E-state index contributed by atoms with van der Waals surface area (Å²) in [5, 5.41) is 11.0. The number of hydrogen-bond acceptors (Lipinski definition) is 2. The zero-order valence-corrected chi connectivity index (χ0v) is 5.78. The Morgan fingerprint density at radius 1 is 1.45 bits per heavy atom. The minimum absolute atomic E-state index is 0.439. The fourth-order valence-electron chi connectivity index (χ4n) is 1.05. The molecule has 1 aliphatic rings. The number of fused-ring (bicyclic) bond motifs is 1. The van der Waals surface area contributed by atoms with E-state index in [0.29, 0.717) is 17.0 Å². The molecule has 0 atom stereocenters. The predicted octanol–water partition coefficient (Wildman–Crippen LogP) is 1.26. The largest absolute Gasteiger partial charge is 0.615 e. The van der Waals surface area contributed by atoms with E-state index >= 15 is 0 Å². The summed E-state index contributed by atoms with van der Waals surface area (Å²) in [5.74, 6) is 0. The molecular formula is C8H6NO2. The van der Waals surface area contributed by atoms with Gasteiger partial charge in [-0.3, -0.25) is 0 Å². The Morgan fingerprint density at radius 2 is 2.27 bits per heavy atom. The quantitative estimate of drug-likeness (QED) is 0.410. The summed E-state index contributed by atoms with van der Waals surface area (Å²) in [6, 6.07) is 7.30. The third-order valence-electron chi connectivity index (χ3n) is 1.59. The molecule has 0 aromatic heterocycles. The van der Waals surface area contributed by atoms with E-state index in [1.54, 1.807) is 6.07 Å². The molecule has 0 unspecified atom stereocenters. The van der Waals surface area contributed by atoms with Gasteiger partial charge in [-0.05, 0) is 6.07 Å². The molecule has 0 fully saturated rings. The van der Waals surface area contributed by atoms with E-state index in [-0.39, 0.29) is 0 Å². The van der Waals surface area contributed by atoms with Gasteiger partial charge in [0.25, 0.3) is 0 Å². The highest BCUT2D eigenvalue weighted by molar-refractivity contribution is 5.51. The monoisotopic (exact) mass is 148 g/mol. The number of benzene rings is 1. The lowest BCUT2D eigenvalue weighted by Crippen LogP contribution is -2.09. The smallest absolute Gasteiger partial charge is 0.497 e. The lowest BCUT2D eigenvalue weighted by molar-refractivity contribution is -0.373. The van der Waals surface area contributed by atoms with E-state index in [4.69, 9.17) is 4.74 Å². The molecule has 0 saturated carbocycles. The first-order valence-corrected chi connectivity index (χ1v) is 3.30. The molecule has 0 saturated heterocycles. The maximum absolute atomic E-state index is 11.0. The Morgan fingerprint density at radius 3 is 3.09 bits per heavy atom. The Balaban J connectivity index is 2.56. The number of hydrogen-bond donors (Lipinski definition) is 0. The number of rotatable bonds is 0. The second kappa shape index (κ2) is 2.27. The molecule has 1 radical (unpaired) electrons. The summed E-state index contributed by atoms with van der Waals surface area (Å²) in [4.78, 5) is 0. The molecular weight excluding hydrogens is 142 g/mol. The zero-order valence-electron chi connectivity index (χ0n) is 5.78. The average Bonchev–Trinajstić information content (AvgIpc) is 2.06. The zero-order chi connectivity index (χ0) is 7.68. The van der Waals surface area contributed by atoms with Crippen LogP contribution in [-0.4, -0.2) is 11.1 Å². The summed E-state index contributed by atoms with van der Waals surface area (Å²) in [5.41, 5.74) is 1.53. The molecule has 1 aliphatic heterocycles. The molecule has 0 amide bonds. The van der Waals surface area contributed by atoms with Gasteiger partial charge >= 0.3 is 6.40 Å². The fraction of sp³-hybridized carbons (Fsp3) is 0.125. The molecule has 55 valence electrons. The molecule has 0 bridgehead atoms. The highest BCUT2D eigenvalue weighted by Crippen LogP contribution is 2.20. The van der Waals surface area contributed by atoms with E-state index < -0.39 is 0 Å². The standard InChI is InChI=1S/C8H6NO2/c10-9-6-11-5-7-3-1-2-4-8(7)9/h1-4H,5H2. The van der Waals surface area contributed by atoms with Gasteiger partial charge in [-0.2, -0.15) is 0 Å². The minimum Gasteiger partial charge on any atom is -0.615 e. The molecule has 1 aromatic rings. The van der Waals surface area contributed by atoms with Crippen LogP contribution in [0, 0.1) is 5.21 Å². The second-order valence-electron chi connectivity index (χ2n) is 2.30. The van der Waals surface area contributed by atoms with Crippen LogP contribution >= 0.6 is 0 Å². The van der Waals surface area contributed by atoms with Gasteiger partial charge in [0.1, 0.15) is 6.61 Å². The van der Waals surface area contributed by atoms with Gasteiger partial charge in [-0.1, -0.05) is 12.1 Å². The van der Waals surface area contributed by atoms with E-state index in [1.165, 1.54) is 0 Å². The van der Waals surface area contributed by atoms with Crippen molar-refractivity contribution in [3.63, 3.8) is 0 Å². The van der Waals surface area contributed by atoms with Crippen LogP contribution in [0.2, 0.25) is 0 Å². The van der Waals surface area contributed by atoms with Crippen LogP contribution in [0.1, 0.15) is 5.56 Å². The minimum atomic E-state index is 0.439. The van der Waals surface area contributed by atoms with Crippen LogP contribution in [-0.2, 0) is 11.3 Å². The normalized spacial score (nSPS) is 14.7. The van der Waals surface area contributed by atoms with E-state index in [1.807, 2.05) is 18.2 Å². The van der Waals surface area contributed by atoms with Crippen molar-refractivity contribution >= 4 is 12.1 Å². The van der Waals surface area contributed by atoms with Crippen LogP contribution < -0.4 is 0 Å². The van der Waals surface area contributed by atoms with Crippen molar-refractivity contribution in [2.24, 2.45) is 0 Å². The van der Waals surface area contributed by atoms with E-state index in [2.05, 4.69) is 6.40 Å². The lowest BCUT2D eigenvalue weighted by Gasteiger charge is -2.10. The SMILES string of the molecule is [O-][N+]1=[C]OCc2ccccc21. The van der Waals surface area contributed by atoms with Crippen molar-refractivity contribution in [3.8, 4) is 0 Å². The molecule has 1 aromatic carbocycles. The topological polar surface area (TPSA) is 35.3 Å². The molecule has 1 heterocycles. The first kappa shape index (κ1) is 6.22. The molecule has 2 rings (SSSR count). The maximum atomic E-state index is 11.0. The highest BCUT2D eigenvalue weighted by Gasteiger charge is 2.15.